The summed E-state index contributed by atoms with van der Waals surface area (Å²) in [5, 5.41) is 0. The quantitative estimate of drug-likeness (QED) is 0.554. The van der Waals surface area contributed by atoms with E-state index in [1.165, 1.54) is 0 Å². The third-order valence-corrected chi connectivity index (χ3v) is 2.50. The molecule has 3 heteroatoms. The lowest BCUT2D eigenvalue weighted by molar-refractivity contribution is -0.107. The van der Waals surface area contributed by atoms with E-state index in [9.17, 15) is 9.59 Å². The molecular weight excluding hydrogens is 192 g/mol. The molecule has 0 amide bonds. The van der Waals surface area contributed by atoms with Crippen LogP contribution < -0.4 is 4.74 Å². The molecule has 0 aromatic heterocycles. The van der Waals surface area contributed by atoms with Gasteiger partial charge in [-0.1, -0.05) is 0 Å². The molecule has 0 aliphatic carbocycles. The van der Waals surface area contributed by atoms with E-state index in [1.54, 1.807) is 6.07 Å². The summed E-state index contributed by atoms with van der Waals surface area (Å²) >= 11 is 0. The first-order valence-electron chi connectivity index (χ1n) is 5.04. The Bertz CT molecular complexity index is 396. The minimum atomic E-state index is 0.0248. The normalized spacial score (nSPS) is 13.1. The second kappa shape index (κ2) is 4.26. The molecule has 1 aromatic carbocycles. The molecule has 0 saturated heterocycles. The van der Waals surface area contributed by atoms with Gasteiger partial charge in [0, 0.05) is 24.8 Å². The first-order chi connectivity index (χ1) is 7.31. The summed E-state index contributed by atoms with van der Waals surface area (Å²) in [4.78, 5) is 21.8. The zero-order chi connectivity index (χ0) is 10.7. The maximum Gasteiger partial charge on any atom is 0.163 e. The van der Waals surface area contributed by atoms with Crippen molar-refractivity contribution in [2.45, 2.75) is 19.3 Å². The van der Waals surface area contributed by atoms with E-state index in [4.69, 9.17) is 4.74 Å². The maximum atomic E-state index is 11.6. The van der Waals surface area contributed by atoms with E-state index in [0.717, 1.165) is 24.0 Å². The van der Waals surface area contributed by atoms with Gasteiger partial charge in [-0.3, -0.25) is 4.79 Å². The average Bonchev–Trinajstić information content (AvgIpc) is 2.72. The maximum absolute atomic E-state index is 11.6. The average molecular weight is 204 g/mol. The fourth-order valence-electron chi connectivity index (χ4n) is 1.69. The van der Waals surface area contributed by atoms with Gasteiger partial charge in [-0.05, 0) is 23.8 Å². The van der Waals surface area contributed by atoms with Gasteiger partial charge in [-0.15, -0.1) is 0 Å². The van der Waals surface area contributed by atoms with Crippen LogP contribution in [0.3, 0.4) is 0 Å². The van der Waals surface area contributed by atoms with E-state index in [-0.39, 0.29) is 5.78 Å². The van der Waals surface area contributed by atoms with Gasteiger partial charge >= 0.3 is 0 Å². The number of carbonyl (C=O) groups excluding carboxylic acids is 2. The lowest BCUT2D eigenvalue weighted by atomic mass is 10.0. The highest BCUT2D eigenvalue weighted by Crippen LogP contribution is 2.26. The number of rotatable bonds is 4. The largest absolute Gasteiger partial charge is 0.493 e. The molecule has 1 aliphatic heterocycles. The van der Waals surface area contributed by atoms with Crippen LogP contribution in [0.5, 0.6) is 5.75 Å². The summed E-state index contributed by atoms with van der Waals surface area (Å²) in [5.74, 6) is 0.902. The van der Waals surface area contributed by atoms with Gasteiger partial charge in [0.25, 0.3) is 0 Å². The topological polar surface area (TPSA) is 43.4 Å². The molecule has 78 valence electrons. The van der Waals surface area contributed by atoms with Crippen molar-refractivity contribution in [3.05, 3.63) is 29.3 Å². The zero-order valence-corrected chi connectivity index (χ0v) is 8.36. The number of hydrogen-bond donors (Lipinski definition) is 0. The molecule has 0 saturated carbocycles. The predicted molar refractivity (Wildman–Crippen MR) is 55.3 cm³/mol. The Labute approximate surface area is 88.1 Å². The number of ketones is 1. The number of aldehydes is 1. The molecule has 1 heterocycles. The van der Waals surface area contributed by atoms with Gasteiger partial charge in [-0.2, -0.15) is 0 Å². The van der Waals surface area contributed by atoms with Crippen molar-refractivity contribution in [1.82, 2.24) is 0 Å². The van der Waals surface area contributed by atoms with Crippen molar-refractivity contribution in [1.29, 1.82) is 0 Å². The summed E-state index contributed by atoms with van der Waals surface area (Å²) in [6.07, 6.45) is 2.23. The summed E-state index contributed by atoms with van der Waals surface area (Å²) in [6.45, 7) is 0.696. The number of fused-ring (bicyclic) bond motifs is 1. The summed E-state index contributed by atoms with van der Waals surface area (Å²) in [6, 6.07) is 5.46. The molecule has 0 atom stereocenters. The van der Waals surface area contributed by atoms with Gasteiger partial charge in [0.1, 0.15) is 12.0 Å². The van der Waals surface area contributed by atoms with E-state index < -0.39 is 0 Å². The van der Waals surface area contributed by atoms with Gasteiger partial charge in [0.15, 0.2) is 5.78 Å². The number of Topliss-reactive ketones (excluding diaryl/α,β-unsaturated/α-hetero) is 1. The van der Waals surface area contributed by atoms with Gasteiger partial charge in [0.2, 0.25) is 0 Å². The Hall–Kier alpha value is -1.64. The third-order valence-electron chi connectivity index (χ3n) is 2.50. The summed E-state index contributed by atoms with van der Waals surface area (Å²) in [7, 11) is 0. The highest BCUT2D eigenvalue weighted by molar-refractivity contribution is 5.97. The molecule has 0 N–H and O–H groups in total. The van der Waals surface area contributed by atoms with E-state index in [2.05, 4.69) is 0 Å². The minimum Gasteiger partial charge on any atom is -0.493 e. The van der Waals surface area contributed by atoms with Crippen molar-refractivity contribution < 1.29 is 14.3 Å². The number of hydrogen-bond acceptors (Lipinski definition) is 3. The van der Waals surface area contributed by atoms with Crippen LogP contribution in [0.2, 0.25) is 0 Å². The highest BCUT2D eigenvalue weighted by atomic mass is 16.5. The number of benzene rings is 1. The second-order valence-electron chi connectivity index (χ2n) is 3.55. The molecule has 1 aliphatic rings. The van der Waals surface area contributed by atoms with Crippen molar-refractivity contribution in [3.8, 4) is 5.75 Å². The van der Waals surface area contributed by atoms with Crippen LogP contribution in [0.1, 0.15) is 28.8 Å². The SMILES string of the molecule is O=CCCC(=O)c1ccc2c(c1)CCO2. The Morgan fingerprint density at radius 3 is 3.13 bits per heavy atom. The van der Waals surface area contributed by atoms with Crippen LogP contribution in [0, 0.1) is 0 Å². The fraction of sp³-hybridized carbons (Fsp3) is 0.333. The lowest BCUT2D eigenvalue weighted by Crippen LogP contribution is -1.99. The fourth-order valence-corrected chi connectivity index (χ4v) is 1.69. The first-order valence-corrected chi connectivity index (χ1v) is 5.04. The van der Waals surface area contributed by atoms with Crippen molar-refractivity contribution >= 4 is 12.1 Å². The molecule has 1 aromatic rings. The Kier molecular flexibility index (Phi) is 2.81. The monoisotopic (exact) mass is 204 g/mol. The van der Waals surface area contributed by atoms with Gasteiger partial charge in [0.05, 0.1) is 6.61 Å². The number of carbonyl (C=O) groups is 2. The molecular formula is C12H12O3. The molecule has 0 unspecified atom stereocenters. The molecule has 0 fully saturated rings. The Morgan fingerprint density at radius 1 is 1.47 bits per heavy atom. The second-order valence-corrected chi connectivity index (χ2v) is 3.55. The molecule has 2 rings (SSSR count). The molecule has 15 heavy (non-hydrogen) atoms. The Morgan fingerprint density at radius 2 is 2.33 bits per heavy atom. The van der Waals surface area contributed by atoms with Crippen molar-refractivity contribution in [2.24, 2.45) is 0 Å². The first kappa shape index (κ1) is 9.90. The molecule has 3 nitrogen and oxygen atoms in total. The lowest BCUT2D eigenvalue weighted by Gasteiger charge is -2.02. The predicted octanol–water partition coefficient (Wildman–Crippen LogP) is 1.78. The standard InChI is InChI=1S/C12H12O3/c13-6-1-2-11(14)9-3-4-12-10(8-9)5-7-15-12/h3-4,6,8H,1-2,5,7H2. The highest BCUT2D eigenvalue weighted by Gasteiger charge is 2.14. The molecule has 0 radical (unpaired) electrons. The van der Waals surface area contributed by atoms with Crippen LogP contribution >= 0.6 is 0 Å². The smallest absolute Gasteiger partial charge is 0.163 e. The molecule has 0 bridgehead atoms. The van der Waals surface area contributed by atoms with E-state index >= 15 is 0 Å². The summed E-state index contributed by atoms with van der Waals surface area (Å²) < 4.78 is 5.35. The zero-order valence-electron chi connectivity index (χ0n) is 8.36. The third kappa shape index (κ3) is 2.06. The van der Waals surface area contributed by atoms with Gasteiger partial charge < -0.3 is 9.53 Å². The van der Waals surface area contributed by atoms with Crippen LogP contribution in [-0.4, -0.2) is 18.7 Å². The van der Waals surface area contributed by atoms with E-state index in [0.29, 0.717) is 25.0 Å². The minimum absolute atomic E-state index is 0.0248. The van der Waals surface area contributed by atoms with E-state index in [1.807, 2.05) is 12.1 Å². The van der Waals surface area contributed by atoms with Crippen LogP contribution in [0.15, 0.2) is 18.2 Å². The van der Waals surface area contributed by atoms with Crippen LogP contribution in [0.25, 0.3) is 0 Å². The molecule has 0 spiro atoms. The van der Waals surface area contributed by atoms with Crippen LogP contribution in [0.4, 0.5) is 0 Å². The van der Waals surface area contributed by atoms with Crippen molar-refractivity contribution in [3.63, 3.8) is 0 Å². The van der Waals surface area contributed by atoms with Crippen LogP contribution in [-0.2, 0) is 11.2 Å². The summed E-state index contributed by atoms with van der Waals surface area (Å²) in [5.41, 5.74) is 1.77. The Balaban J connectivity index is 2.15. The van der Waals surface area contributed by atoms with Gasteiger partial charge in [-0.25, -0.2) is 0 Å². The number of ether oxygens (including phenoxy) is 1. The van der Waals surface area contributed by atoms with Crippen molar-refractivity contribution in [2.75, 3.05) is 6.61 Å².